The van der Waals surface area contributed by atoms with E-state index >= 15 is 0 Å². The summed E-state index contributed by atoms with van der Waals surface area (Å²) < 4.78 is 30.8. The van der Waals surface area contributed by atoms with Gasteiger partial charge in [-0.2, -0.15) is 0 Å². The topological polar surface area (TPSA) is 63.8 Å². The van der Waals surface area contributed by atoms with Gasteiger partial charge in [0.15, 0.2) is 0 Å². The number of nitrogens with zero attached hydrogens (tertiary/aromatic N) is 1. The number of hydrogen-bond donors (Lipinski definition) is 1. The Hall–Kier alpha value is -3.29. The van der Waals surface area contributed by atoms with Gasteiger partial charge in [-0.15, -0.1) is 0 Å². The van der Waals surface area contributed by atoms with Crippen LogP contribution < -0.4 is 4.74 Å². The Morgan fingerprint density at radius 1 is 1.16 bits per heavy atom. The van der Waals surface area contributed by atoms with E-state index in [4.69, 9.17) is 25.8 Å². The van der Waals surface area contributed by atoms with Crippen molar-refractivity contribution >= 4 is 28.6 Å². The van der Waals surface area contributed by atoms with Crippen molar-refractivity contribution in [2.75, 3.05) is 19.8 Å². The van der Waals surface area contributed by atoms with Crippen LogP contribution in [0.3, 0.4) is 0 Å². The molecule has 1 aliphatic carbocycles. The zero-order valence-electron chi connectivity index (χ0n) is 21.2. The third-order valence-corrected chi connectivity index (χ3v) is 7.98. The van der Waals surface area contributed by atoms with Gasteiger partial charge in [0, 0.05) is 46.9 Å². The third-order valence-electron chi connectivity index (χ3n) is 7.74. The molecule has 1 aromatic heterocycles. The predicted octanol–water partition coefficient (Wildman–Crippen LogP) is 6.96. The maximum Gasteiger partial charge on any atom is 0.415 e. The number of hydrogen-bond acceptors (Lipinski definition) is 4. The number of halogens is 2. The molecular formula is C30H30ClFN2O4. The summed E-state index contributed by atoms with van der Waals surface area (Å²) in [6.45, 7) is 4.09. The smallest absolute Gasteiger partial charge is 0.415 e. The molecule has 6 rings (SSSR count). The number of nitrogens with one attached hydrogen (secondary N) is 1. The molecule has 0 saturated carbocycles. The Morgan fingerprint density at radius 2 is 1.95 bits per heavy atom. The fraction of sp³-hybridized carbons (Fsp3) is 0.367. The number of allylic oxidation sites excluding steroid dienone is 2. The minimum atomic E-state index is -0.460. The highest BCUT2D eigenvalue weighted by Crippen LogP contribution is 2.44. The molecule has 8 heteroatoms. The van der Waals surface area contributed by atoms with Gasteiger partial charge in [-0.25, -0.2) is 9.18 Å². The summed E-state index contributed by atoms with van der Waals surface area (Å²) in [5.41, 5.74) is 3.16. The van der Waals surface area contributed by atoms with Crippen molar-refractivity contribution in [3.63, 3.8) is 0 Å². The molecule has 2 aromatic carbocycles. The summed E-state index contributed by atoms with van der Waals surface area (Å²) in [6, 6.07) is 11.0. The van der Waals surface area contributed by atoms with Crippen LogP contribution in [0.4, 0.5) is 9.18 Å². The van der Waals surface area contributed by atoms with E-state index in [1.165, 1.54) is 29.8 Å². The number of fused-ring (bicyclic) bond motifs is 3. The summed E-state index contributed by atoms with van der Waals surface area (Å²) in [4.78, 5) is 18.9. The van der Waals surface area contributed by atoms with Crippen LogP contribution >= 0.6 is 11.6 Å². The molecule has 38 heavy (non-hydrogen) atoms. The number of carbonyl (C=O) groups excluding carboxylic acids is 1. The number of carbonyl (C=O) groups is 1. The maximum absolute atomic E-state index is 13.5. The molecule has 1 N–H and O–H groups in total. The fourth-order valence-electron chi connectivity index (χ4n) is 5.82. The lowest BCUT2D eigenvalue weighted by Gasteiger charge is -2.41. The average Bonchev–Trinajstić information content (AvgIpc) is 3.28. The summed E-state index contributed by atoms with van der Waals surface area (Å²) in [6.07, 6.45) is 8.46. The molecule has 6 nitrogen and oxygen atoms in total. The van der Waals surface area contributed by atoms with E-state index in [1.807, 2.05) is 24.3 Å². The van der Waals surface area contributed by atoms with Crippen LogP contribution in [0, 0.1) is 17.7 Å². The first-order valence-electron chi connectivity index (χ1n) is 13.1. The zero-order chi connectivity index (χ0) is 26.2. The first-order chi connectivity index (χ1) is 18.5. The van der Waals surface area contributed by atoms with E-state index in [2.05, 4.69) is 24.1 Å². The van der Waals surface area contributed by atoms with Gasteiger partial charge in [-0.05, 0) is 72.5 Å². The Labute approximate surface area is 226 Å². The molecule has 1 fully saturated rings. The molecular weight excluding hydrogens is 507 g/mol. The van der Waals surface area contributed by atoms with Gasteiger partial charge < -0.3 is 19.2 Å². The van der Waals surface area contributed by atoms with Crippen LogP contribution in [-0.2, 0) is 15.9 Å². The first-order valence-corrected chi connectivity index (χ1v) is 13.5. The van der Waals surface area contributed by atoms with E-state index < -0.39 is 6.09 Å². The number of ether oxygens (including phenoxy) is 3. The summed E-state index contributed by atoms with van der Waals surface area (Å²) in [5, 5.41) is 1.76. The number of amides is 1. The molecule has 0 bridgehead atoms. The molecule has 3 aromatic rings. The summed E-state index contributed by atoms with van der Waals surface area (Å²) >= 11 is 6.34. The lowest BCUT2D eigenvalue weighted by Crippen LogP contribution is -2.45. The highest BCUT2D eigenvalue weighted by molar-refractivity contribution is 6.31. The van der Waals surface area contributed by atoms with Gasteiger partial charge in [0.2, 0.25) is 0 Å². The van der Waals surface area contributed by atoms with Gasteiger partial charge >= 0.3 is 6.09 Å². The van der Waals surface area contributed by atoms with Gasteiger partial charge in [0.05, 0.1) is 19.3 Å². The van der Waals surface area contributed by atoms with E-state index in [0.29, 0.717) is 23.7 Å². The molecule has 3 heterocycles. The Balaban J connectivity index is 1.32. The summed E-state index contributed by atoms with van der Waals surface area (Å²) in [7, 11) is 0. The minimum Gasteiger partial charge on any atom is -0.491 e. The number of aromatic amines is 1. The highest BCUT2D eigenvalue weighted by Gasteiger charge is 2.41. The van der Waals surface area contributed by atoms with Gasteiger partial charge in [-0.3, -0.25) is 4.90 Å². The molecule has 0 radical (unpaired) electrons. The molecule has 3 atom stereocenters. The Kier molecular flexibility index (Phi) is 6.89. The fourth-order valence-corrected chi connectivity index (χ4v) is 5.99. The standard InChI is InChI=1S/C30H30ClFN2O4/c1-18-16-23(37-22-11-14-36-15-12-22)7-8-24(18)29-28-25(26-17-19(31)2-9-27(26)33-28)10-13-34(29)30(35)38-21-5-3-20(32)4-6-21/h2-9,16-18,22,24,29,33H,10-15H2,1H3/t18?,24?,29-/m0/s1. The van der Waals surface area contributed by atoms with Crippen molar-refractivity contribution < 1.29 is 23.4 Å². The number of rotatable bonds is 4. The van der Waals surface area contributed by atoms with Crippen LogP contribution in [0.2, 0.25) is 5.02 Å². The van der Waals surface area contributed by atoms with Crippen LogP contribution in [0.25, 0.3) is 10.9 Å². The van der Waals surface area contributed by atoms with Crippen molar-refractivity contribution in [2.24, 2.45) is 11.8 Å². The normalized spacial score (nSPS) is 23.7. The van der Waals surface area contributed by atoms with Crippen LogP contribution in [-0.4, -0.2) is 41.8 Å². The van der Waals surface area contributed by atoms with E-state index in [1.54, 1.807) is 4.90 Å². The molecule has 3 aliphatic rings. The van der Waals surface area contributed by atoms with E-state index in [-0.39, 0.29) is 29.8 Å². The third kappa shape index (κ3) is 4.93. The van der Waals surface area contributed by atoms with Crippen LogP contribution in [0.1, 0.15) is 37.1 Å². The molecule has 198 valence electrons. The van der Waals surface area contributed by atoms with Crippen molar-refractivity contribution in [1.29, 1.82) is 0 Å². The second-order valence-electron chi connectivity index (χ2n) is 10.2. The highest BCUT2D eigenvalue weighted by atomic mass is 35.5. The Morgan fingerprint density at radius 3 is 2.71 bits per heavy atom. The molecule has 1 amide bonds. The predicted molar refractivity (Wildman–Crippen MR) is 144 cm³/mol. The molecule has 1 saturated heterocycles. The van der Waals surface area contributed by atoms with Crippen molar-refractivity contribution in [3.05, 3.63) is 88.5 Å². The lowest BCUT2D eigenvalue weighted by molar-refractivity contribution is -0.00188. The molecule has 2 unspecified atom stereocenters. The monoisotopic (exact) mass is 536 g/mol. The van der Waals surface area contributed by atoms with Gasteiger partial charge in [0.1, 0.15) is 23.4 Å². The number of aromatic nitrogens is 1. The maximum atomic E-state index is 13.5. The molecule has 0 spiro atoms. The minimum absolute atomic E-state index is 0.0135. The number of benzene rings is 2. The SMILES string of the molecule is CC1C=C(OC2CCOCC2)C=CC1[C@H]1c2[nH]c3ccc(Cl)cc3c2CCN1C(=O)Oc1ccc(F)cc1. The lowest BCUT2D eigenvalue weighted by atomic mass is 9.79. The second-order valence-corrected chi connectivity index (χ2v) is 10.6. The molecule has 2 aliphatic heterocycles. The average molecular weight is 537 g/mol. The quantitative estimate of drug-likeness (QED) is 0.391. The largest absolute Gasteiger partial charge is 0.491 e. The summed E-state index contributed by atoms with van der Waals surface area (Å²) in [5.74, 6) is 0.875. The zero-order valence-corrected chi connectivity index (χ0v) is 21.9. The van der Waals surface area contributed by atoms with Crippen LogP contribution in [0.5, 0.6) is 5.75 Å². The second kappa shape index (κ2) is 10.5. The van der Waals surface area contributed by atoms with Gasteiger partial charge in [-0.1, -0.05) is 24.6 Å². The first kappa shape index (κ1) is 25.0. The Bertz CT molecular complexity index is 1390. The van der Waals surface area contributed by atoms with Crippen molar-refractivity contribution in [3.8, 4) is 5.75 Å². The van der Waals surface area contributed by atoms with Crippen LogP contribution in [0.15, 0.2) is 66.5 Å². The van der Waals surface area contributed by atoms with Gasteiger partial charge in [0.25, 0.3) is 0 Å². The number of H-pyrrole nitrogens is 1. The van der Waals surface area contributed by atoms with E-state index in [9.17, 15) is 9.18 Å². The van der Waals surface area contributed by atoms with E-state index in [0.717, 1.165) is 48.4 Å². The van der Waals surface area contributed by atoms with Crippen molar-refractivity contribution in [1.82, 2.24) is 9.88 Å². The van der Waals surface area contributed by atoms with Crippen molar-refractivity contribution in [2.45, 2.75) is 38.3 Å².